The number of aryl methyl sites for hydroxylation is 2. The number of rotatable bonds is 5. The lowest BCUT2D eigenvalue weighted by atomic mass is 9.95. The number of halogens is 1. The Morgan fingerprint density at radius 2 is 1.71 bits per heavy atom. The van der Waals surface area contributed by atoms with E-state index in [1.807, 2.05) is 12.1 Å². The van der Waals surface area contributed by atoms with Crippen LogP contribution in [0.1, 0.15) is 48.1 Å². The van der Waals surface area contributed by atoms with E-state index in [0.717, 1.165) is 18.0 Å². The molecule has 0 aliphatic heterocycles. The highest BCUT2D eigenvalue weighted by molar-refractivity contribution is 6.30. The first-order valence-electron chi connectivity index (χ1n) is 7.88. The van der Waals surface area contributed by atoms with Crippen LogP contribution in [0.2, 0.25) is 5.02 Å². The van der Waals surface area contributed by atoms with Crippen LogP contribution in [0, 0.1) is 0 Å². The summed E-state index contributed by atoms with van der Waals surface area (Å²) in [4.78, 5) is 0. The fraction of sp³-hybridized carbons (Fsp3) is 0.368. The molecule has 1 aliphatic carbocycles. The Kier molecular flexibility index (Phi) is 4.62. The monoisotopic (exact) mass is 299 g/mol. The zero-order chi connectivity index (χ0) is 14.7. The summed E-state index contributed by atoms with van der Waals surface area (Å²) in [6.45, 7) is 3.22. The van der Waals surface area contributed by atoms with Crippen molar-refractivity contribution in [2.45, 2.75) is 38.6 Å². The topological polar surface area (TPSA) is 12.0 Å². The van der Waals surface area contributed by atoms with E-state index in [9.17, 15) is 0 Å². The highest BCUT2D eigenvalue weighted by Crippen LogP contribution is 2.29. The zero-order valence-corrected chi connectivity index (χ0v) is 13.3. The normalized spacial score (nSPS) is 15.0. The van der Waals surface area contributed by atoms with Crippen molar-refractivity contribution in [3.63, 3.8) is 0 Å². The highest BCUT2D eigenvalue weighted by Gasteiger charge is 2.17. The third kappa shape index (κ3) is 3.30. The summed E-state index contributed by atoms with van der Waals surface area (Å²) in [7, 11) is 0. The molecule has 0 amide bonds. The minimum atomic E-state index is 0.258. The van der Waals surface area contributed by atoms with Crippen molar-refractivity contribution in [3.8, 4) is 0 Å². The van der Waals surface area contributed by atoms with E-state index in [1.54, 1.807) is 0 Å². The van der Waals surface area contributed by atoms with Gasteiger partial charge < -0.3 is 5.32 Å². The van der Waals surface area contributed by atoms with Gasteiger partial charge in [0.15, 0.2) is 0 Å². The average molecular weight is 300 g/mol. The van der Waals surface area contributed by atoms with Crippen LogP contribution in [-0.2, 0) is 12.8 Å². The second kappa shape index (κ2) is 6.64. The van der Waals surface area contributed by atoms with Crippen LogP contribution in [0.5, 0.6) is 0 Å². The first kappa shape index (κ1) is 14.6. The second-order valence-electron chi connectivity index (χ2n) is 5.82. The molecule has 0 fully saturated rings. The van der Waals surface area contributed by atoms with Crippen molar-refractivity contribution in [2.75, 3.05) is 6.54 Å². The maximum Gasteiger partial charge on any atom is 0.0576 e. The maximum absolute atomic E-state index is 6.02. The van der Waals surface area contributed by atoms with Crippen molar-refractivity contribution >= 4 is 11.6 Å². The van der Waals surface area contributed by atoms with Gasteiger partial charge in [-0.3, -0.25) is 0 Å². The van der Waals surface area contributed by atoms with E-state index in [4.69, 9.17) is 11.6 Å². The molecule has 1 nitrogen and oxygen atoms in total. The van der Waals surface area contributed by atoms with Crippen LogP contribution in [0.4, 0.5) is 0 Å². The molecular weight excluding hydrogens is 278 g/mol. The van der Waals surface area contributed by atoms with E-state index in [2.05, 4.69) is 42.6 Å². The van der Waals surface area contributed by atoms with E-state index < -0.39 is 0 Å². The molecule has 0 aromatic heterocycles. The molecule has 0 spiro atoms. The molecule has 110 valence electrons. The lowest BCUT2D eigenvalue weighted by Crippen LogP contribution is -2.23. The SMILES string of the molecule is CCCNC(c1ccc(Cl)cc1)c1ccc2c(c1)CCC2. The van der Waals surface area contributed by atoms with Gasteiger partial charge in [0, 0.05) is 5.02 Å². The predicted octanol–water partition coefficient (Wildman–Crippen LogP) is 4.92. The van der Waals surface area contributed by atoms with Crippen molar-refractivity contribution in [3.05, 3.63) is 69.7 Å². The quantitative estimate of drug-likeness (QED) is 0.826. The van der Waals surface area contributed by atoms with Crippen molar-refractivity contribution in [1.82, 2.24) is 5.32 Å². The lowest BCUT2D eigenvalue weighted by molar-refractivity contribution is 0.598. The van der Waals surface area contributed by atoms with Crippen LogP contribution in [0.15, 0.2) is 42.5 Å². The largest absolute Gasteiger partial charge is 0.306 e. The number of hydrogen-bond acceptors (Lipinski definition) is 1. The van der Waals surface area contributed by atoms with Crippen molar-refractivity contribution in [2.24, 2.45) is 0 Å². The molecule has 3 rings (SSSR count). The van der Waals surface area contributed by atoms with Crippen molar-refractivity contribution < 1.29 is 0 Å². The summed E-state index contributed by atoms with van der Waals surface area (Å²) in [6.07, 6.45) is 4.90. The molecule has 2 aromatic carbocycles. The Labute approximate surface area is 132 Å². The standard InChI is InChI=1S/C19H22ClN/c1-2-12-21-19(15-8-10-18(20)11-9-15)17-7-6-14-4-3-5-16(14)13-17/h6-11,13,19,21H,2-5,12H2,1H3. The Morgan fingerprint density at radius 1 is 1.00 bits per heavy atom. The number of benzene rings is 2. The Balaban J connectivity index is 1.93. The lowest BCUT2D eigenvalue weighted by Gasteiger charge is -2.20. The number of hydrogen-bond donors (Lipinski definition) is 1. The molecule has 0 radical (unpaired) electrons. The van der Waals surface area contributed by atoms with Gasteiger partial charge in [-0.15, -0.1) is 0 Å². The molecule has 2 heteroatoms. The number of fused-ring (bicyclic) bond motifs is 1. The van der Waals surface area contributed by atoms with Gasteiger partial charge >= 0.3 is 0 Å². The molecule has 1 N–H and O–H groups in total. The molecule has 2 aromatic rings. The molecule has 1 atom stereocenters. The average Bonchev–Trinajstić information content (AvgIpc) is 2.97. The fourth-order valence-electron chi connectivity index (χ4n) is 3.14. The fourth-order valence-corrected chi connectivity index (χ4v) is 3.27. The Morgan fingerprint density at radius 3 is 2.48 bits per heavy atom. The maximum atomic E-state index is 6.02. The van der Waals surface area contributed by atoms with Crippen LogP contribution in [-0.4, -0.2) is 6.54 Å². The van der Waals surface area contributed by atoms with Gasteiger partial charge in [0.25, 0.3) is 0 Å². The van der Waals surface area contributed by atoms with E-state index in [1.165, 1.54) is 41.5 Å². The van der Waals surface area contributed by atoms with Gasteiger partial charge in [0.05, 0.1) is 6.04 Å². The first-order valence-corrected chi connectivity index (χ1v) is 8.26. The van der Waals surface area contributed by atoms with Gasteiger partial charge in [0.1, 0.15) is 0 Å². The molecular formula is C19H22ClN. The van der Waals surface area contributed by atoms with E-state index in [0.29, 0.717) is 0 Å². The highest BCUT2D eigenvalue weighted by atomic mass is 35.5. The summed E-state index contributed by atoms with van der Waals surface area (Å²) in [5, 5.41) is 4.46. The zero-order valence-electron chi connectivity index (χ0n) is 12.5. The van der Waals surface area contributed by atoms with Crippen LogP contribution in [0.3, 0.4) is 0 Å². The van der Waals surface area contributed by atoms with Gasteiger partial charge in [-0.1, -0.05) is 48.9 Å². The molecule has 1 aliphatic rings. The summed E-state index contributed by atoms with van der Waals surface area (Å²) >= 11 is 6.02. The van der Waals surface area contributed by atoms with Crippen LogP contribution < -0.4 is 5.32 Å². The summed E-state index contributed by atoms with van der Waals surface area (Å²) in [5.74, 6) is 0. The summed E-state index contributed by atoms with van der Waals surface area (Å²) in [6, 6.07) is 15.5. The minimum Gasteiger partial charge on any atom is -0.306 e. The van der Waals surface area contributed by atoms with E-state index in [-0.39, 0.29) is 6.04 Å². The second-order valence-corrected chi connectivity index (χ2v) is 6.26. The molecule has 0 saturated carbocycles. The minimum absolute atomic E-state index is 0.258. The van der Waals surface area contributed by atoms with Crippen molar-refractivity contribution in [1.29, 1.82) is 0 Å². The predicted molar refractivity (Wildman–Crippen MR) is 90.1 cm³/mol. The van der Waals surface area contributed by atoms with Crippen LogP contribution >= 0.6 is 11.6 Å². The van der Waals surface area contributed by atoms with Gasteiger partial charge in [-0.05, 0) is 66.6 Å². The summed E-state index contributed by atoms with van der Waals surface area (Å²) < 4.78 is 0. The van der Waals surface area contributed by atoms with E-state index >= 15 is 0 Å². The molecule has 0 saturated heterocycles. The molecule has 0 heterocycles. The Bertz CT molecular complexity index is 603. The molecule has 21 heavy (non-hydrogen) atoms. The third-order valence-corrected chi connectivity index (χ3v) is 4.51. The smallest absolute Gasteiger partial charge is 0.0576 e. The van der Waals surface area contributed by atoms with Gasteiger partial charge in [-0.25, -0.2) is 0 Å². The van der Waals surface area contributed by atoms with Gasteiger partial charge in [-0.2, -0.15) is 0 Å². The molecule has 0 bridgehead atoms. The number of nitrogens with one attached hydrogen (secondary N) is 1. The van der Waals surface area contributed by atoms with Gasteiger partial charge in [0.2, 0.25) is 0 Å². The van der Waals surface area contributed by atoms with Crippen LogP contribution in [0.25, 0.3) is 0 Å². The first-order chi connectivity index (χ1) is 10.3. The molecule has 1 unspecified atom stereocenters. The third-order valence-electron chi connectivity index (χ3n) is 4.26. The summed E-state index contributed by atoms with van der Waals surface area (Å²) in [5.41, 5.74) is 5.71. The Hall–Kier alpha value is -1.31.